The second-order valence-electron chi connectivity index (χ2n) is 2.31. The van der Waals surface area contributed by atoms with Gasteiger partial charge in [0, 0.05) is 0 Å². The van der Waals surface area contributed by atoms with Crippen molar-refractivity contribution in [2.24, 2.45) is 5.73 Å². The van der Waals surface area contributed by atoms with Crippen molar-refractivity contribution in [3.8, 4) is 0 Å². The number of hydrogen-bond donors (Lipinski definition) is 1. The lowest BCUT2D eigenvalue weighted by atomic mass is 10.2. The van der Waals surface area contributed by atoms with E-state index < -0.39 is 0 Å². The summed E-state index contributed by atoms with van der Waals surface area (Å²) < 4.78 is 0. The van der Waals surface area contributed by atoms with Crippen LogP contribution in [0.2, 0.25) is 0 Å². The Balaban J connectivity index is 2.89. The molecule has 0 fully saturated rings. The number of hydrogen-bond acceptors (Lipinski definition) is 1. The van der Waals surface area contributed by atoms with Crippen molar-refractivity contribution < 1.29 is 0 Å². The predicted molar refractivity (Wildman–Crippen MR) is 47.0 cm³/mol. The third kappa shape index (κ3) is 1.82. The molecule has 0 radical (unpaired) electrons. The fourth-order valence-corrected chi connectivity index (χ4v) is 1.06. The van der Waals surface area contributed by atoms with Gasteiger partial charge in [-0.25, -0.2) is 0 Å². The molecule has 2 heteroatoms. The van der Waals surface area contributed by atoms with Gasteiger partial charge in [0.25, 0.3) is 0 Å². The Hall–Kier alpha value is -0.340. The first kappa shape index (κ1) is 7.76. The molecule has 0 saturated carbocycles. The number of halogens is 1. The van der Waals surface area contributed by atoms with Gasteiger partial charge in [-0.05, 0) is 12.5 Å². The fraction of sp³-hybridized carbons (Fsp3) is 0.250. The summed E-state index contributed by atoms with van der Waals surface area (Å²) in [5, 5.41) is 0. The SMILES string of the molecule is Cc1ccc(C(N)Br)cc1. The van der Waals surface area contributed by atoms with E-state index in [-0.39, 0.29) is 4.95 Å². The molecule has 0 bridgehead atoms. The fourth-order valence-electron chi connectivity index (χ4n) is 0.750. The normalized spacial score (nSPS) is 13.1. The Morgan fingerprint density at radius 1 is 1.30 bits per heavy atom. The molecule has 0 heterocycles. The molecule has 0 aliphatic rings. The van der Waals surface area contributed by atoms with E-state index in [1.54, 1.807) is 0 Å². The molecule has 0 saturated heterocycles. The van der Waals surface area contributed by atoms with Crippen LogP contribution in [0.15, 0.2) is 24.3 Å². The molecule has 1 unspecified atom stereocenters. The third-order valence-electron chi connectivity index (χ3n) is 1.40. The molecular weight excluding hydrogens is 190 g/mol. The summed E-state index contributed by atoms with van der Waals surface area (Å²) in [6.07, 6.45) is 0. The summed E-state index contributed by atoms with van der Waals surface area (Å²) in [7, 11) is 0. The van der Waals surface area contributed by atoms with Crippen LogP contribution in [0.4, 0.5) is 0 Å². The molecule has 54 valence electrons. The molecule has 1 aromatic rings. The molecule has 1 aromatic carbocycles. The topological polar surface area (TPSA) is 26.0 Å². The first-order chi connectivity index (χ1) is 4.70. The van der Waals surface area contributed by atoms with Crippen molar-refractivity contribution in [3.05, 3.63) is 35.4 Å². The van der Waals surface area contributed by atoms with Crippen molar-refractivity contribution in [1.29, 1.82) is 0 Å². The highest BCUT2D eigenvalue weighted by Gasteiger charge is 1.97. The number of nitrogens with two attached hydrogens (primary N) is 1. The van der Waals surface area contributed by atoms with Crippen molar-refractivity contribution in [3.63, 3.8) is 0 Å². The average Bonchev–Trinajstić information content (AvgIpc) is 1.88. The molecule has 1 rings (SSSR count). The molecule has 10 heavy (non-hydrogen) atoms. The van der Waals surface area contributed by atoms with E-state index in [1.807, 2.05) is 12.1 Å². The molecule has 1 atom stereocenters. The van der Waals surface area contributed by atoms with Crippen LogP contribution in [0.3, 0.4) is 0 Å². The average molecular weight is 200 g/mol. The minimum atomic E-state index is -0.0342. The first-order valence-corrected chi connectivity index (χ1v) is 4.08. The maximum absolute atomic E-state index is 5.58. The molecule has 0 amide bonds. The Bertz CT molecular complexity index is 203. The Morgan fingerprint density at radius 2 is 1.80 bits per heavy atom. The summed E-state index contributed by atoms with van der Waals surface area (Å²) in [4.78, 5) is -0.0342. The van der Waals surface area contributed by atoms with Gasteiger partial charge in [0.2, 0.25) is 0 Å². The van der Waals surface area contributed by atoms with Crippen molar-refractivity contribution in [2.45, 2.75) is 11.9 Å². The number of benzene rings is 1. The van der Waals surface area contributed by atoms with Crippen LogP contribution in [-0.4, -0.2) is 0 Å². The highest BCUT2D eigenvalue weighted by Crippen LogP contribution is 2.15. The molecule has 0 spiro atoms. The van der Waals surface area contributed by atoms with Crippen molar-refractivity contribution in [1.82, 2.24) is 0 Å². The van der Waals surface area contributed by atoms with Crippen molar-refractivity contribution >= 4 is 15.9 Å². The molecule has 0 aliphatic carbocycles. The summed E-state index contributed by atoms with van der Waals surface area (Å²) in [5.41, 5.74) is 7.96. The van der Waals surface area contributed by atoms with E-state index in [4.69, 9.17) is 5.73 Å². The van der Waals surface area contributed by atoms with Gasteiger partial charge in [0.1, 0.15) is 0 Å². The lowest BCUT2D eigenvalue weighted by Gasteiger charge is -2.02. The van der Waals surface area contributed by atoms with Crippen LogP contribution in [0.1, 0.15) is 16.1 Å². The molecule has 1 nitrogen and oxygen atoms in total. The van der Waals surface area contributed by atoms with Crippen LogP contribution in [0, 0.1) is 6.92 Å². The van der Waals surface area contributed by atoms with Crippen LogP contribution in [-0.2, 0) is 0 Å². The summed E-state index contributed by atoms with van der Waals surface area (Å²) in [5.74, 6) is 0. The van der Waals surface area contributed by atoms with Crippen LogP contribution >= 0.6 is 15.9 Å². The Labute approximate surface area is 69.4 Å². The van der Waals surface area contributed by atoms with E-state index in [2.05, 4.69) is 35.0 Å². The summed E-state index contributed by atoms with van der Waals surface area (Å²) in [6, 6.07) is 8.15. The Morgan fingerprint density at radius 3 is 2.20 bits per heavy atom. The highest BCUT2D eigenvalue weighted by molar-refractivity contribution is 9.09. The first-order valence-electron chi connectivity index (χ1n) is 3.16. The monoisotopic (exact) mass is 199 g/mol. The van der Waals surface area contributed by atoms with Gasteiger partial charge >= 0.3 is 0 Å². The summed E-state index contributed by atoms with van der Waals surface area (Å²) >= 11 is 3.28. The zero-order valence-corrected chi connectivity index (χ0v) is 7.43. The number of aryl methyl sites for hydroxylation is 1. The van der Waals surface area contributed by atoms with E-state index in [1.165, 1.54) is 5.56 Å². The summed E-state index contributed by atoms with van der Waals surface area (Å²) in [6.45, 7) is 2.06. The minimum absolute atomic E-state index is 0.0342. The molecule has 2 N–H and O–H groups in total. The van der Waals surface area contributed by atoms with Gasteiger partial charge in [0.15, 0.2) is 0 Å². The maximum atomic E-state index is 5.58. The van der Waals surface area contributed by atoms with Gasteiger partial charge in [-0.2, -0.15) is 0 Å². The van der Waals surface area contributed by atoms with E-state index >= 15 is 0 Å². The smallest absolute Gasteiger partial charge is 0.0861 e. The van der Waals surface area contributed by atoms with Crippen LogP contribution in [0.5, 0.6) is 0 Å². The third-order valence-corrected chi connectivity index (χ3v) is 1.92. The van der Waals surface area contributed by atoms with E-state index in [0.717, 1.165) is 5.56 Å². The van der Waals surface area contributed by atoms with Gasteiger partial charge in [-0.15, -0.1) is 0 Å². The van der Waals surface area contributed by atoms with Gasteiger partial charge in [0.05, 0.1) is 4.95 Å². The number of rotatable bonds is 1. The van der Waals surface area contributed by atoms with Gasteiger partial charge < -0.3 is 5.73 Å². The zero-order chi connectivity index (χ0) is 7.56. The largest absolute Gasteiger partial charge is 0.315 e. The molecular formula is C8H10BrN. The lowest BCUT2D eigenvalue weighted by molar-refractivity contribution is 1.05. The highest BCUT2D eigenvalue weighted by atomic mass is 79.9. The lowest BCUT2D eigenvalue weighted by Crippen LogP contribution is -2.00. The molecule has 0 aromatic heterocycles. The van der Waals surface area contributed by atoms with Crippen molar-refractivity contribution in [2.75, 3.05) is 0 Å². The van der Waals surface area contributed by atoms with Crippen LogP contribution < -0.4 is 5.73 Å². The molecule has 0 aliphatic heterocycles. The standard InChI is InChI=1S/C8H10BrN/c1-6-2-4-7(5-3-6)8(9)10/h2-5,8H,10H2,1H3. The van der Waals surface area contributed by atoms with Gasteiger partial charge in [-0.3, -0.25) is 0 Å². The quantitative estimate of drug-likeness (QED) is 0.546. The minimum Gasteiger partial charge on any atom is -0.315 e. The predicted octanol–water partition coefficient (Wildman–Crippen LogP) is 2.35. The van der Waals surface area contributed by atoms with Gasteiger partial charge in [-0.1, -0.05) is 45.8 Å². The second kappa shape index (κ2) is 3.17. The number of alkyl halides is 1. The second-order valence-corrected chi connectivity index (χ2v) is 3.30. The van der Waals surface area contributed by atoms with Crippen LogP contribution in [0.25, 0.3) is 0 Å². The van der Waals surface area contributed by atoms with E-state index in [0.29, 0.717) is 0 Å². The van der Waals surface area contributed by atoms with E-state index in [9.17, 15) is 0 Å². The maximum Gasteiger partial charge on any atom is 0.0861 e. The Kier molecular flexibility index (Phi) is 2.46. The zero-order valence-electron chi connectivity index (χ0n) is 5.84.